The number of hydrogen-bond donors (Lipinski definition) is 4. The third-order valence-corrected chi connectivity index (χ3v) is 3.76. The molecule has 9 nitrogen and oxygen atoms in total. The van der Waals surface area contributed by atoms with Gasteiger partial charge in [-0.05, 0) is 41.9 Å². The number of carbonyl (C=O) groups is 1. The van der Waals surface area contributed by atoms with E-state index in [1.54, 1.807) is 18.2 Å². The topological polar surface area (TPSA) is 131 Å². The van der Waals surface area contributed by atoms with Gasteiger partial charge in [-0.2, -0.15) is 5.10 Å². The van der Waals surface area contributed by atoms with E-state index in [-0.39, 0.29) is 16.2 Å². The highest BCUT2D eigenvalue weighted by atomic mass is 35.5. The number of carbonyl (C=O) groups excluding carboxylic acids is 1. The molecule has 1 amide bonds. The Morgan fingerprint density at radius 3 is 2.81 bits per heavy atom. The van der Waals surface area contributed by atoms with Crippen LogP contribution in [0.3, 0.4) is 0 Å². The number of nitrogens with zero attached hydrogens (tertiary/aromatic N) is 3. The zero-order valence-corrected chi connectivity index (χ0v) is 16.1. The largest absolute Gasteiger partial charge is 0.424 e. The Morgan fingerprint density at radius 2 is 2.10 bits per heavy atom. The number of amides is 1. The van der Waals surface area contributed by atoms with Crippen LogP contribution >= 0.6 is 11.6 Å². The Hall–Kier alpha value is -4.11. The first-order valence-electron chi connectivity index (χ1n) is 13.8. The van der Waals surface area contributed by atoms with Crippen LogP contribution in [0.1, 0.15) is 28.3 Å². The van der Waals surface area contributed by atoms with Crippen molar-refractivity contribution in [2.75, 3.05) is 10.6 Å². The maximum atomic E-state index is 12.4. The summed E-state index contributed by atoms with van der Waals surface area (Å²) in [7, 11) is 0. The number of aromatic nitrogens is 4. The van der Waals surface area contributed by atoms with E-state index in [9.17, 15) is 4.79 Å². The van der Waals surface area contributed by atoms with Gasteiger partial charge in [0.25, 0.3) is 5.91 Å². The smallest absolute Gasteiger partial charge is 0.321 e. The summed E-state index contributed by atoms with van der Waals surface area (Å²) in [6.07, 6.45) is -1.39. The minimum absolute atomic E-state index is 0.0319. The van der Waals surface area contributed by atoms with Crippen molar-refractivity contribution < 1.29 is 24.7 Å². The van der Waals surface area contributed by atoms with E-state index < -0.39 is 83.7 Å². The van der Waals surface area contributed by atoms with Crippen LogP contribution in [0.5, 0.6) is 11.8 Å². The number of hydrogen-bond acceptors (Lipinski definition) is 7. The number of halogens is 1. The van der Waals surface area contributed by atoms with Crippen LogP contribution in [0.4, 0.5) is 17.3 Å². The third-order valence-electron chi connectivity index (χ3n) is 3.52. The van der Waals surface area contributed by atoms with Crippen molar-refractivity contribution in [1.29, 1.82) is 0 Å². The Bertz CT molecular complexity index is 1690. The lowest BCUT2D eigenvalue weighted by Gasteiger charge is -2.08. The molecule has 0 saturated heterocycles. The predicted octanol–water partition coefficient (Wildman–Crippen LogP) is 4.10. The van der Waals surface area contributed by atoms with E-state index >= 15 is 0 Å². The van der Waals surface area contributed by atoms with E-state index in [1.807, 2.05) is 0 Å². The number of H-pyrrole nitrogens is 1. The molecule has 4 aromatic rings. The van der Waals surface area contributed by atoms with Gasteiger partial charge in [0.15, 0.2) is 8.64 Å². The van der Waals surface area contributed by atoms with Gasteiger partial charge in [-0.1, -0.05) is 29.8 Å². The Kier molecular flexibility index (Phi) is 3.18. The molecule has 10 heteroatoms. The number of ether oxygens (including phenoxy) is 1. The minimum atomic E-state index is -3.24. The second kappa shape index (κ2) is 9.14. The van der Waals surface area contributed by atoms with Crippen LogP contribution in [0.15, 0.2) is 66.8 Å². The van der Waals surface area contributed by atoms with E-state index in [1.165, 1.54) is 6.07 Å². The summed E-state index contributed by atoms with van der Waals surface area (Å²) in [6, 6.07) is 0.954. The van der Waals surface area contributed by atoms with E-state index in [0.717, 1.165) is 0 Å². The van der Waals surface area contributed by atoms with Gasteiger partial charge < -0.3 is 21.1 Å². The first-order chi connectivity index (χ1) is 19.6. The third kappa shape index (κ3) is 5.09. The molecular formula is C21H18ClN7O2. The molecule has 2 aromatic heterocycles. The van der Waals surface area contributed by atoms with Gasteiger partial charge in [-0.15, -0.1) is 0 Å². The lowest BCUT2D eigenvalue weighted by atomic mass is 10.2. The van der Waals surface area contributed by atoms with Gasteiger partial charge in [-0.25, -0.2) is 9.97 Å². The molecule has 0 aliphatic rings. The van der Waals surface area contributed by atoms with Crippen LogP contribution < -0.4 is 21.1 Å². The molecule has 0 unspecified atom stereocenters. The fourth-order valence-corrected chi connectivity index (χ4v) is 2.44. The van der Waals surface area contributed by atoms with E-state index in [0.29, 0.717) is 10.7 Å². The highest BCUT2D eigenvalue weighted by Crippen LogP contribution is 2.26. The number of aromatic amines is 1. The Morgan fingerprint density at radius 1 is 1.32 bits per heavy atom. The molecule has 0 bridgehead atoms. The highest BCUT2D eigenvalue weighted by Gasteiger charge is 2.18. The normalized spacial score (nSPS) is 16.0. The van der Waals surface area contributed by atoms with Crippen LogP contribution in [0.2, 0.25) is 7.85 Å². The highest BCUT2D eigenvalue weighted by molar-refractivity contribution is 6.30. The summed E-state index contributed by atoms with van der Waals surface area (Å²) in [4.78, 5) is 19.4. The lowest BCUT2D eigenvalue weighted by molar-refractivity contribution is 0.100. The quantitative estimate of drug-likeness (QED) is 0.320. The predicted molar refractivity (Wildman–Crippen MR) is 118 cm³/mol. The van der Waals surface area contributed by atoms with Crippen LogP contribution in [0, 0.1) is 0 Å². The van der Waals surface area contributed by atoms with Gasteiger partial charge in [0.2, 0.25) is 0 Å². The van der Waals surface area contributed by atoms with Crippen LogP contribution in [-0.2, 0) is 6.50 Å². The average Bonchev–Trinajstić information content (AvgIpc) is 3.23. The molecule has 0 radical (unpaired) electrons. The van der Waals surface area contributed by atoms with Crippen molar-refractivity contribution in [3.63, 3.8) is 0 Å². The molecule has 2 aromatic carbocycles. The second-order valence-electron chi connectivity index (χ2n) is 5.63. The molecular weight excluding hydrogens is 418 g/mol. The molecule has 156 valence electrons. The number of nitrogens with two attached hydrogens (primary N) is 1. The lowest BCUT2D eigenvalue weighted by Crippen LogP contribution is -2.15. The van der Waals surface area contributed by atoms with Crippen LogP contribution in [-0.4, -0.2) is 26.1 Å². The van der Waals surface area contributed by atoms with Gasteiger partial charge in [0.1, 0.15) is 17.1 Å². The first-order valence-corrected chi connectivity index (χ1v) is 8.78. The molecule has 0 saturated carbocycles. The van der Waals surface area contributed by atoms with E-state index in [4.69, 9.17) is 37.2 Å². The molecule has 4 rings (SSSR count). The van der Waals surface area contributed by atoms with Crippen molar-refractivity contribution in [2.24, 2.45) is 5.73 Å². The number of benzene rings is 2. The maximum absolute atomic E-state index is 12.4. The van der Waals surface area contributed by atoms with Crippen molar-refractivity contribution >= 4 is 34.8 Å². The maximum Gasteiger partial charge on any atom is 0.321 e. The first kappa shape index (κ1) is 10.8. The monoisotopic (exact) mass is 446 g/mol. The molecule has 0 aliphatic carbocycles. The van der Waals surface area contributed by atoms with Crippen LogP contribution in [0.25, 0.3) is 0 Å². The fourth-order valence-electron chi connectivity index (χ4n) is 2.25. The van der Waals surface area contributed by atoms with Gasteiger partial charge in [-0.3, -0.25) is 9.89 Å². The Labute approximate surface area is 198 Å². The van der Waals surface area contributed by atoms with Crippen molar-refractivity contribution in [2.45, 2.75) is 6.50 Å². The van der Waals surface area contributed by atoms with Gasteiger partial charge >= 0.3 is 6.01 Å². The minimum Gasteiger partial charge on any atom is -0.424 e. The van der Waals surface area contributed by atoms with Crippen molar-refractivity contribution in [3.8, 4) is 11.8 Å². The molecule has 0 atom stereocenters. The number of anilines is 3. The molecule has 31 heavy (non-hydrogen) atoms. The zero-order chi connectivity index (χ0) is 31.3. The SMILES string of the molecule is [2H]c1nc(Oc2c([2H])c([2H])c(C([2H])([2H])N([2H])c3c(C(N)=O)c(Nc4cccc(Cl)c4)nn3[2H])c([2H])c2[2H])nc([2H])c1[2H]. The molecule has 0 spiro atoms. The standard InChI is InChI=1S/C21H18ClN7O2/c22-14-3-1-4-15(11-14)27-20-17(18(23)30)19(28-29-20)26-12-13-5-7-16(8-6-13)31-21-24-9-2-10-25-21/h1-11H,12H2,(H2,23,30)(H3,26,27,28,29)/i2D,5D,6D,7D,8D,9D,10D,12D2/hD2. The number of rotatable bonds is 8. The summed E-state index contributed by atoms with van der Waals surface area (Å²) >= 11 is 5.97. The second-order valence-corrected chi connectivity index (χ2v) is 6.07. The van der Waals surface area contributed by atoms with Crippen molar-refractivity contribution in [1.82, 2.24) is 20.2 Å². The number of primary amides is 1. The van der Waals surface area contributed by atoms with Gasteiger partial charge in [0, 0.05) is 29.6 Å². The summed E-state index contributed by atoms with van der Waals surface area (Å²) in [5.74, 6) is -3.11. The summed E-state index contributed by atoms with van der Waals surface area (Å²) < 4.78 is 95.1. The molecule has 0 fully saturated rings. The van der Waals surface area contributed by atoms with E-state index in [2.05, 4.69) is 20.4 Å². The summed E-state index contributed by atoms with van der Waals surface area (Å²) in [6.45, 7) is -3.24. The zero-order valence-electron chi connectivity index (χ0n) is 26.3. The Balaban J connectivity index is 1.80. The molecule has 2 heterocycles. The van der Waals surface area contributed by atoms with Crippen molar-refractivity contribution in [3.05, 3.63) is 83.0 Å². The average molecular weight is 447 g/mol. The van der Waals surface area contributed by atoms with Gasteiger partial charge in [0.05, 0.1) is 12.3 Å². The number of nitrogens with one attached hydrogen (secondary N) is 3. The fraction of sp³-hybridized carbons (Fsp3) is 0.0476. The summed E-state index contributed by atoms with van der Waals surface area (Å²) in [5.41, 5.74) is 4.25. The summed E-state index contributed by atoms with van der Waals surface area (Å²) in [5, 5.41) is 7.04. The molecule has 0 aliphatic heterocycles. The molecule has 5 N–H and O–H groups in total.